The molecule has 3 nitrogen and oxygen atoms in total. The molecule has 1 unspecified atom stereocenters. The number of nitrogens with zero attached hydrogens (tertiary/aromatic N) is 1. The SMILES string of the molecule is CCCC(C)CC(=O)N1CCCNCC1.Cl. The number of halogens is 1. The summed E-state index contributed by atoms with van der Waals surface area (Å²) in [7, 11) is 0. The molecule has 1 rings (SSSR count). The van der Waals surface area contributed by atoms with Gasteiger partial charge >= 0.3 is 0 Å². The molecule has 0 aromatic carbocycles. The fourth-order valence-corrected chi connectivity index (χ4v) is 2.12. The predicted molar refractivity (Wildman–Crippen MR) is 70.0 cm³/mol. The molecule has 0 spiro atoms. The summed E-state index contributed by atoms with van der Waals surface area (Å²) < 4.78 is 0. The Morgan fingerprint density at radius 2 is 2.12 bits per heavy atom. The summed E-state index contributed by atoms with van der Waals surface area (Å²) in [6.45, 7) is 8.18. The fourth-order valence-electron chi connectivity index (χ4n) is 2.12. The molecule has 0 aliphatic carbocycles. The molecule has 4 heteroatoms. The molecular formula is C12H25ClN2O. The van der Waals surface area contributed by atoms with Crippen LogP contribution in [0.25, 0.3) is 0 Å². The average Bonchev–Trinajstić information content (AvgIpc) is 2.45. The molecule has 16 heavy (non-hydrogen) atoms. The zero-order chi connectivity index (χ0) is 11.1. The lowest BCUT2D eigenvalue weighted by Gasteiger charge is -2.21. The van der Waals surface area contributed by atoms with Crippen molar-refractivity contribution in [2.45, 2.75) is 39.5 Å². The second kappa shape index (κ2) is 8.82. The van der Waals surface area contributed by atoms with Crippen molar-refractivity contribution in [3.05, 3.63) is 0 Å². The van der Waals surface area contributed by atoms with Crippen molar-refractivity contribution >= 4 is 18.3 Å². The van der Waals surface area contributed by atoms with Crippen LogP contribution >= 0.6 is 12.4 Å². The van der Waals surface area contributed by atoms with Gasteiger partial charge in [0.25, 0.3) is 0 Å². The maximum Gasteiger partial charge on any atom is 0.222 e. The summed E-state index contributed by atoms with van der Waals surface area (Å²) in [6, 6.07) is 0. The maximum absolute atomic E-state index is 11.9. The van der Waals surface area contributed by atoms with Crippen LogP contribution in [-0.4, -0.2) is 37.0 Å². The Labute approximate surface area is 105 Å². The van der Waals surface area contributed by atoms with Crippen LogP contribution in [0.2, 0.25) is 0 Å². The van der Waals surface area contributed by atoms with E-state index in [4.69, 9.17) is 0 Å². The Balaban J connectivity index is 0.00000225. The van der Waals surface area contributed by atoms with E-state index in [0.29, 0.717) is 11.8 Å². The molecule has 1 aliphatic rings. The molecule has 0 aromatic rings. The highest BCUT2D eigenvalue weighted by Crippen LogP contribution is 2.12. The van der Waals surface area contributed by atoms with E-state index in [1.807, 2.05) is 4.90 Å². The first-order chi connectivity index (χ1) is 7.24. The molecule has 0 aromatic heterocycles. The van der Waals surface area contributed by atoms with Gasteiger partial charge < -0.3 is 10.2 Å². The molecular weight excluding hydrogens is 224 g/mol. The highest BCUT2D eigenvalue weighted by atomic mass is 35.5. The lowest BCUT2D eigenvalue weighted by atomic mass is 10.0. The van der Waals surface area contributed by atoms with E-state index in [-0.39, 0.29) is 12.4 Å². The Morgan fingerprint density at radius 3 is 2.81 bits per heavy atom. The number of nitrogens with one attached hydrogen (secondary N) is 1. The van der Waals surface area contributed by atoms with Crippen LogP contribution in [0.1, 0.15) is 39.5 Å². The molecule has 1 aliphatic heterocycles. The zero-order valence-corrected chi connectivity index (χ0v) is 11.3. The van der Waals surface area contributed by atoms with E-state index in [2.05, 4.69) is 19.2 Å². The third kappa shape index (κ3) is 5.71. The first-order valence-corrected chi connectivity index (χ1v) is 6.22. The first-order valence-electron chi connectivity index (χ1n) is 6.22. The minimum absolute atomic E-state index is 0. The standard InChI is InChI=1S/C12H24N2O.ClH/c1-3-5-11(2)10-12(15)14-8-4-6-13-7-9-14;/h11,13H,3-10H2,1-2H3;1H. The Kier molecular flexibility index (Phi) is 8.67. The molecule has 1 amide bonds. The minimum atomic E-state index is 0. The van der Waals surface area contributed by atoms with Crippen LogP contribution < -0.4 is 5.32 Å². The van der Waals surface area contributed by atoms with Gasteiger partial charge in [-0.1, -0.05) is 26.7 Å². The third-order valence-corrected chi connectivity index (χ3v) is 3.00. The second-order valence-electron chi connectivity index (χ2n) is 4.58. The molecule has 96 valence electrons. The summed E-state index contributed by atoms with van der Waals surface area (Å²) >= 11 is 0. The topological polar surface area (TPSA) is 32.3 Å². The van der Waals surface area contributed by atoms with Crippen LogP contribution in [0.15, 0.2) is 0 Å². The monoisotopic (exact) mass is 248 g/mol. The average molecular weight is 249 g/mol. The van der Waals surface area contributed by atoms with E-state index in [1.54, 1.807) is 0 Å². The van der Waals surface area contributed by atoms with Gasteiger partial charge in [0.15, 0.2) is 0 Å². The van der Waals surface area contributed by atoms with Gasteiger partial charge in [-0.3, -0.25) is 4.79 Å². The molecule has 1 heterocycles. The number of rotatable bonds is 4. The highest BCUT2D eigenvalue weighted by molar-refractivity contribution is 5.85. The smallest absolute Gasteiger partial charge is 0.222 e. The van der Waals surface area contributed by atoms with Gasteiger partial charge in [-0.25, -0.2) is 0 Å². The van der Waals surface area contributed by atoms with E-state index < -0.39 is 0 Å². The molecule has 1 fully saturated rings. The van der Waals surface area contributed by atoms with E-state index in [0.717, 1.165) is 45.4 Å². The van der Waals surface area contributed by atoms with Gasteiger partial charge in [0, 0.05) is 26.1 Å². The van der Waals surface area contributed by atoms with Gasteiger partial charge in [-0.15, -0.1) is 12.4 Å². The second-order valence-corrected chi connectivity index (χ2v) is 4.58. The van der Waals surface area contributed by atoms with Crippen LogP contribution in [0.5, 0.6) is 0 Å². The van der Waals surface area contributed by atoms with Gasteiger partial charge in [0.1, 0.15) is 0 Å². The highest BCUT2D eigenvalue weighted by Gasteiger charge is 2.17. The lowest BCUT2D eigenvalue weighted by Crippen LogP contribution is -2.34. The largest absolute Gasteiger partial charge is 0.341 e. The molecule has 1 saturated heterocycles. The summed E-state index contributed by atoms with van der Waals surface area (Å²) in [6.07, 6.45) is 4.16. The summed E-state index contributed by atoms with van der Waals surface area (Å²) in [4.78, 5) is 14.0. The molecule has 1 atom stereocenters. The van der Waals surface area contributed by atoms with Crippen LogP contribution in [0.3, 0.4) is 0 Å². The minimum Gasteiger partial charge on any atom is -0.341 e. The summed E-state index contributed by atoms with van der Waals surface area (Å²) in [5.74, 6) is 0.887. The fraction of sp³-hybridized carbons (Fsp3) is 0.917. The number of hydrogen-bond donors (Lipinski definition) is 1. The van der Waals surface area contributed by atoms with Crippen molar-refractivity contribution in [3.8, 4) is 0 Å². The predicted octanol–water partition coefficient (Wildman–Crippen LogP) is 2.06. The van der Waals surface area contributed by atoms with Gasteiger partial charge in [-0.05, 0) is 18.9 Å². The van der Waals surface area contributed by atoms with Crippen LogP contribution in [0.4, 0.5) is 0 Å². The third-order valence-electron chi connectivity index (χ3n) is 3.00. The summed E-state index contributed by atoms with van der Waals surface area (Å²) in [5.41, 5.74) is 0. The number of carbonyl (C=O) groups is 1. The zero-order valence-electron chi connectivity index (χ0n) is 10.5. The van der Waals surface area contributed by atoms with Crippen molar-refractivity contribution in [3.63, 3.8) is 0 Å². The normalized spacial score (nSPS) is 18.5. The van der Waals surface area contributed by atoms with Gasteiger partial charge in [-0.2, -0.15) is 0 Å². The Hall–Kier alpha value is -0.280. The number of amides is 1. The number of carbonyl (C=O) groups excluding carboxylic acids is 1. The van der Waals surface area contributed by atoms with E-state index in [1.165, 1.54) is 6.42 Å². The van der Waals surface area contributed by atoms with Gasteiger partial charge in [0.05, 0.1) is 0 Å². The molecule has 0 saturated carbocycles. The van der Waals surface area contributed by atoms with E-state index >= 15 is 0 Å². The first kappa shape index (κ1) is 15.7. The lowest BCUT2D eigenvalue weighted by molar-refractivity contribution is -0.131. The maximum atomic E-state index is 11.9. The number of hydrogen-bond acceptors (Lipinski definition) is 2. The van der Waals surface area contributed by atoms with Crippen LogP contribution in [-0.2, 0) is 4.79 Å². The van der Waals surface area contributed by atoms with Crippen molar-refractivity contribution in [2.24, 2.45) is 5.92 Å². The van der Waals surface area contributed by atoms with Crippen molar-refractivity contribution in [2.75, 3.05) is 26.2 Å². The molecule has 1 N–H and O–H groups in total. The van der Waals surface area contributed by atoms with Crippen molar-refractivity contribution < 1.29 is 4.79 Å². The molecule has 0 radical (unpaired) electrons. The van der Waals surface area contributed by atoms with E-state index in [9.17, 15) is 4.79 Å². The summed E-state index contributed by atoms with van der Waals surface area (Å²) in [5, 5.41) is 3.32. The Morgan fingerprint density at radius 1 is 1.38 bits per heavy atom. The van der Waals surface area contributed by atoms with Crippen molar-refractivity contribution in [1.29, 1.82) is 0 Å². The van der Waals surface area contributed by atoms with Crippen LogP contribution in [0, 0.1) is 5.92 Å². The van der Waals surface area contributed by atoms with Gasteiger partial charge in [0.2, 0.25) is 5.91 Å². The molecule has 0 bridgehead atoms. The van der Waals surface area contributed by atoms with Crippen molar-refractivity contribution in [1.82, 2.24) is 10.2 Å². The Bertz CT molecular complexity index is 191. The quantitative estimate of drug-likeness (QED) is 0.826.